The number of hydrogen-bond donors (Lipinski definition) is 1. The number of ether oxygens (including phenoxy) is 2. The van der Waals surface area contributed by atoms with Gasteiger partial charge in [-0.15, -0.1) is 0 Å². The summed E-state index contributed by atoms with van der Waals surface area (Å²) in [6.07, 6.45) is 0. The SMILES string of the molecule is COc1ccc(C2/C(=C(\O)c3ccc(OC)c(C)c3)C(=O)C(=O)N2c2cccc(F)c2)cc1. The number of anilines is 1. The molecule has 1 atom stereocenters. The average Bonchev–Trinajstić information content (AvgIpc) is 3.09. The molecule has 4 rings (SSSR count). The maximum absolute atomic E-state index is 14.0. The van der Waals surface area contributed by atoms with E-state index in [4.69, 9.17) is 9.47 Å². The summed E-state index contributed by atoms with van der Waals surface area (Å²) in [6.45, 7) is 1.81. The molecule has 0 aliphatic carbocycles. The second kappa shape index (κ2) is 8.78. The van der Waals surface area contributed by atoms with Crippen molar-refractivity contribution < 1.29 is 28.6 Å². The molecule has 1 saturated heterocycles. The molecule has 168 valence electrons. The van der Waals surface area contributed by atoms with E-state index in [0.29, 0.717) is 22.6 Å². The predicted molar refractivity (Wildman–Crippen MR) is 122 cm³/mol. The van der Waals surface area contributed by atoms with Gasteiger partial charge < -0.3 is 14.6 Å². The quantitative estimate of drug-likeness (QED) is 0.346. The van der Waals surface area contributed by atoms with E-state index in [1.54, 1.807) is 48.5 Å². The number of hydrogen-bond acceptors (Lipinski definition) is 5. The highest BCUT2D eigenvalue weighted by Crippen LogP contribution is 2.42. The van der Waals surface area contributed by atoms with Gasteiger partial charge in [-0.25, -0.2) is 4.39 Å². The van der Waals surface area contributed by atoms with E-state index in [1.807, 2.05) is 6.92 Å². The van der Waals surface area contributed by atoms with Gasteiger partial charge >= 0.3 is 0 Å². The molecule has 3 aromatic rings. The third-order valence-corrected chi connectivity index (χ3v) is 5.63. The van der Waals surface area contributed by atoms with Crippen molar-refractivity contribution in [2.45, 2.75) is 13.0 Å². The average molecular weight is 447 g/mol. The summed E-state index contributed by atoms with van der Waals surface area (Å²) in [4.78, 5) is 27.5. The van der Waals surface area contributed by atoms with Crippen LogP contribution in [0.4, 0.5) is 10.1 Å². The normalized spacial score (nSPS) is 17.3. The first kappa shape index (κ1) is 22.1. The van der Waals surface area contributed by atoms with Crippen molar-refractivity contribution in [3.05, 3.63) is 94.8 Å². The van der Waals surface area contributed by atoms with Crippen LogP contribution in [0.1, 0.15) is 22.7 Å². The summed E-state index contributed by atoms with van der Waals surface area (Å²) in [5.74, 6) is -1.36. The van der Waals surface area contributed by atoms with Crippen molar-refractivity contribution in [1.82, 2.24) is 0 Å². The Morgan fingerprint density at radius 3 is 2.30 bits per heavy atom. The number of ketones is 1. The highest BCUT2D eigenvalue weighted by Gasteiger charge is 2.47. The topological polar surface area (TPSA) is 76.1 Å². The molecule has 1 aliphatic heterocycles. The molecule has 0 aromatic heterocycles. The van der Waals surface area contributed by atoms with Gasteiger partial charge in [0.15, 0.2) is 0 Å². The summed E-state index contributed by atoms with van der Waals surface area (Å²) in [5.41, 5.74) is 1.80. The number of amides is 1. The molecule has 0 radical (unpaired) electrons. The van der Waals surface area contributed by atoms with Gasteiger partial charge in [-0.3, -0.25) is 14.5 Å². The number of carbonyl (C=O) groups excluding carboxylic acids is 2. The van der Waals surface area contributed by atoms with E-state index in [0.717, 1.165) is 5.56 Å². The van der Waals surface area contributed by atoms with Crippen molar-refractivity contribution in [3.63, 3.8) is 0 Å². The fourth-order valence-corrected chi connectivity index (χ4v) is 4.01. The first-order chi connectivity index (χ1) is 15.8. The number of nitrogens with zero attached hydrogens (tertiary/aromatic N) is 1. The first-order valence-electron chi connectivity index (χ1n) is 10.2. The van der Waals surface area contributed by atoms with Gasteiger partial charge in [0.2, 0.25) is 0 Å². The van der Waals surface area contributed by atoms with Crippen LogP contribution in [0.5, 0.6) is 11.5 Å². The summed E-state index contributed by atoms with van der Waals surface area (Å²) in [7, 11) is 3.07. The van der Waals surface area contributed by atoms with E-state index in [-0.39, 0.29) is 17.0 Å². The van der Waals surface area contributed by atoms with Gasteiger partial charge in [-0.05, 0) is 66.6 Å². The molecule has 0 spiro atoms. The molecular weight excluding hydrogens is 425 g/mol. The van der Waals surface area contributed by atoms with Gasteiger partial charge in [0.25, 0.3) is 11.7 Å². The lowest BCUT2D eigenvalue weighted by atomic mass is 9.94. The van der Waals surface area contributed by atoms with Crippen LogP contribution in [-0.2, 0) is 9.59 Å². The predicted octanol–water partition coefficient (Wildman–Crippen LogP) is 4.78. The second-order valence-corrected chi connectivity index (χ2v) is 7.61. The zero-order chi connectivity index (χ0) is 23.7. The molecule has 0 saturated carbocycles. The maximum atomic E-state index is 14.0. The highest BCUT2D eigenvalue weighted by atomic mass is 19.1. The van der Waals surface area contributed by atoms with E-state index in [1.165, 1.54) is 37.3 Å². The Kier molecular flexibility index (Phi) is 5.87. The summed E-state index contributed by atoms with van der Waals surface area (Å²) in [5, 5.41) is 11.2. The minimum atomic E-state index is -0.958. The van der Waals surface area contributed by atoms with Crippen LogP contribution in [0.3, 0.4) is 0 Å². The number of benzene rings is 3. The number of Topliss-reactive ketones (excluding diaryl/α,β-unsaturated/α-hetero) is 1. The fourth-order valence-electron chi connectivity index (χ4n) is 4.01. The lowest BCUT2D eigenvalue weighted by Crippen LogP contribution is -2.29. The Hall–Kier alpha value is -4.13. The number of aliphatic hydroxyl groups is 1. The number of aryl methyl sites for hydroxylation is 1. The number of rotatable bonds is 5. The van der Waals surface area contributed by atoms with Crippen LogP contribution in [0, 0.1) is 12.7 Å². The standard InChI is InChI=1S/C26H22FNO5/c1-15-13-17(9-12-21(15)33-3)24(29)22-23(16-7-10-20(32-2)11-8-16)28(26(31)25(22)30)19-6-4-5-18(27)14-19/h4-14,23,29H,1-3H3/b24-22+. The minimum absolute atomic E-state index is 0.0843. The molecule has 1 unspecified atom stereocenters. The molecule has 1 heterocycles. The molecule has 0 bridgehead atoms. The third-order valence-electron chi connectivity index (χ3n) is 5.63. The van der Waals surface area contributed by atoms with E-state index in [2.05, 4.69) is 0 Å². The lowest BCUT2D eigenvalue weighted by molar-refractivity contribution is -0.132. The molecule has 1 fully saturated rings. The number of methoxy groups -OCH3 is 2. The number of carbonyl (C=O) groups is 2. The monoisotopic (exact) mass is 447 g/mol. The van der Waals surface area contributed by atoms with Crippen molar-refractivity contribution in [1.29, 1.82) is 0 Å². The molecule has 1 aliphatic rings. The Bertz CT molecular complexity index is 1270. The van der Waals surface area contributed by atoms with Gasteiger partial charge in [0.1, 0.15) is 23.1 Å². The molecule has 6 nitrogen and oxygen atoms in total. The Balaban J connectivity index is 1.93. The smallest absolute Gasteiger partial charge is 0.300 e. The van der Waals surface area contributed by atoms with E-state index in [9.17, 15) is 19.1 Å². The van der Waals surface area contributed by atoms with Crippen molar-refractivity contribution in [3.8, 4) is 11.5 Å². The fraction of sp³-hybridized carbons (Fsp3) is 0.154. The van der Waals surface area contributed by atoms with Crippen molar-refractivity contribution in [2.75, 3.05) is 19.1 Å². The largest absolute Gasteiger partial charge is 0.507 e. The number of aliphatic hydroxyl groups excluding tert-OH is 1. The molecule has 1 N–H and O–H groups in total. The summed E-state index contributed by atoms with van der Waals surface area (Å²) in [6, 6.07) is 16.2. The van der Waals surface area contributed by atoms with Crippen LogP contribution in [-0.4, -0.2) is 31.0 Å². The summed E-state index contributed by atoms with van der Waals surface area (Å²) < 4.78 is 24.5. The Morgan fingerprint density at radius 2 is 1.70 bits per heavy atom. The van der Waals surface area contributed by atoms with Gasteiger partial charge in [-0.2, -0.15) is 0 Å². The van der Waals surface area contributed by atoms with Gasteiger partial charge in [0.05, 0.1) is 25.8 Å². The highest BCUT2D eigenvalue weighted by molar-refractivity contribution is 6.51. The van der Waals surface area contributed by atoms with Crippen LogP contribution >= 0.6 is 0 Å². The van der Waals surface area contributed by atoms with Gasteiger partial charge in [-0.1, -0.05) is 18.2 Å². The van der Waals surface area contributed by atoms with Crippen LogP contribution < -0.4 is 14.4 Å². The summed E-state index contributed by atoms with van der Waals surface area (Å²) >= 11 is 0. The van der Waals surface area contributed by atoms with Crippen LogP contribution in [0.15, 0.2) is 72.3 Å². The zero-order valence-corrected chi connectivity index (χ0v) is 18.3. The molecule has 3 aromatic carbocycles. The lowest BCUT2D eigenvalue weighted by Gasteiger charge is -2.25. The van der Waals surface area contributed by atoms with E-state index >= 15 is 0 Å². The third kappa shape index (κ3) is 3.93. The van der Waals surface area contributed by atoms with Crippen LogP contribution in [0.25, 0.3) is 5.76 Å². The maximum Gasteiger partial charge on any atom is 0.300 e. The Labute approximate surface area is 190 Å². The second-order valence-electron chi connectivity index (χ2n) is 7.61. The van der Waals surface area contributed by atoms with Crippen molar-refractivity contribution in [2.24, 2.45) is 0 Å². The first-order valence-corrected chi connectivity index (χ1v) is 10.2. The minimum Gasteiger partial charge on any atom is -0.507 e. The molecule has 33 heavy (non-hydrogen) atoms. The zero-order valence-electron chi connectivity index (χ0n) is 18.3. The molecule has 1 amide bonds. The molecule has 7 heteroatoms. The van der Waals surface area contributed by atoms with Crippen LogP contribution in [0.2, 0.25) is 0 Å². The Morgan fingerprint density at radius 1 is 0.970 bits per heavy atom. The van der Waals surface area contributed by atoms with Crippen molar-refractivity contribution >= 4 is 23.1 Å². The molecular formula is C26H22FNO5. The number of halogens is 1. The van der Waals surface area contributed by atoms with E-state index < -0.39 is 23.5 Å². The van der Waals surface area contributed by atoms with Gasteiger partial charge in [0, 0.05) is 11.3 Å².